The minimum Gasteiger partial charge on any atom is -0.354 e. The minimum absolute atomic E-state index is 0.0111. The molecule has 116 valence electrons. The monoisotopic (exact) mass is 318 g/mol. The summed E-state index contributed by atoms with van der Waals surface area (Å²) in [6.07, 6.45) is 4.38. The molecule has 1 atom stereocenters. The van der Waals surface area contributed by atoms with Gasteiger partial charge in [0.05, 0.1) is 0 Å². The third-order valence-electron chi connectivity index (χ3n) is 3.09. The second-order valence-corrected chi connectivity index (χ2v) is 5.42. The summed E-state index contributed by atoms with van der Waals surface area (Å²) in [5.74, 6) is 0.516. The molecule has 0 unspecified atom stereocenters. The predicted octanol–water partition coefficient (Wildman–Crippen LogP) is 2.68. The molecule has 2 rings (SSSR count). The normalized spacial score (nSPS) is 11.7. The summed E-state index contributed by atoms with van der Waals surface area (Å²) in [6, 6.07) is 9.44. The molecular formula is C16H19ClN4O. The van der Waals surface area contributed by atoms with Crippen molar-refractivity contribution >= 4 is 23.5 Å². The topological polar surface area (TPSA) is 66.9 Å². The first-order valence-corrected chi connectivity index (χ1v) is 7.56. The smallest absolute Gasteiger partial charge is 0.222 e. The summed E-state index contributed by atoms with van der Waals surface area (Å²) in [4.78, 5) is 20.0. The fraction of sp³-hybridized carbons (Fsp3) is 0.312. The van der Waals surface area contributed by atoms with E-state index in [9.17, 15) is 4.79 Å². The van der Waals surface area contributed by atoms with Crippen molar-refractivity contribution in [3.8, 4) is 0 Å². The maximum atomic E-state index is 11.9. The zero-order chi connectivity index (χ0) is 15.8. The summed E-state index contributed by atoms with van der Waals surface area (Å²) >= 11 is 6.12. The number of amides is 1. The average Bonchev–Trinajstić information content (AvgIpc) is 2.50. The molecule has 2 aromatic rings. The molecule has 0 saturated carbocycles. The van der Waals surface area contributed by atoms with Gasteiger partial charge in [0.1, 0.15) is 0 Å². The van der Waals surface area contributed by atoms with Crippen LogP contribution in [0.4, 0.5) is 5.95 Å². The highest BCUT2D eigenvalue weighted by Gasteiger charge is 2.09. The van der Waals surface area contributed by atoms with Gasteiger partial charge in [-0.2, -0.15) is 0 Å². The Kier molecular flexibility index (Phi) is 6.15. The van der Waals surface area contributed by atoms with Crippen LogP contribution in [0.2, 0.25) is 5.02 Å². The molecule has 6 heteroatoms. The molecule has 0 fully saturated rings. The SMILES string of the molecule is C[C@@H](Cc1ccccc1Cl)NC(=O)CCNc1ncccn1. The lowest BCUT2D eigenvalue weighted by Crippen LogP contribution is -2.35. The fourth-order valence-corrected chi connectivity index (χ4v) is 2.28. The summed E-state index contributed by atoms with van der Waals surface area (Å²) in [6.45, 7) is 2.46. The van der Waals surface area contributed by atoms with Gasteiger partial charge < -0.3 is 10.6 Å². The van der Waals surface area contributed by atoms with E-state index in [1.165, 1.54) is 0 Å². The van der Waals surface area contributed by atoms with Gasteiger partial charge in [-0.25, -0.2) is 9.97 Å². The molecular weight excluding hydrogens is 300 g/mol. The van der Waals surface area contributed by atoms with Gasteiger partial charge in [-0.3, -0.25) is 4.79 Å². The lowest BCUT2D eigenvalue weighted by Gasteiger charge is -2.15. The van der Waals surface area contributed by atoms with Crippen molar-refractivity contribution in [3.05, 3.63) is 53.3 Å². The van der Waals surface area contributed by atoms with Crippen LogP contribution in [-0.2, 0) is 11.2 Å². The molecule has 1 aromatic heterocycles. The van der Waals surface area contributed by atoms with Crippen LogP contribution in [0.3, 0.4) is 0 Å². The number of carbonyl (C=O) groups excluding carboxylic acids is 1. The van der Waals surface area contributed by atoms with Crippen LogP contribution in [0.5, 0.6) is 0 Å². The first-order chi connectivity index (χ1) is 10.6. The summed E-state index contributed by atoms with van der Waals surface area (Å²) < 4.78 is 0. The zero-order valence-corrected chi connectivity index (χ0v) is 13.2. The average molecular weight is 319 g/mol. The zero-order valence-electron chi connectivity index (χ0n) is 12.4. The Bertz CT molecular complexity index is 606. The van der Waals surface area contributed by atoms with Gasteiger partial charge in [0.2, 0.25) is 11.9 Å². The Hall–Kier alpha value is -2.14. The number of rotatable bonds is 7. The van der Waals surface area contributed by atoms with E-state index in [-0.39, 0.29) is 11.9 Å². The van der Waals surface area contributed by atoms with Crippen LogP contribution < -0.4 is 10.6 Å². The highest BCUT2D eigenvalue weighted by Crippen LogP contribution is 2.16. The predicted molar refractivity (Wildman–Crippen MR) is 87.9 cm³/mol. The van der Waals surface area contributed by atoms with Crippen LogP contribution >= 0.6 is 11.6 Å². The van der Waals surface area contributed by atoms with E-state index in [2.05, 4.69) is 20.6 Å². The highest BCUT2D eigenvalue weighted by atomic mass is 35.5. The molecule has 2 N–H and O–H groups in total. The van der Waals surface area contributed by atoms with Gasteiger partial charge in [0, 0.05) is 36.4 Å². The van der Waals surface area contributed by atoms with Gasteiger partial charge in [-0.05, 0) is 31.0 Å². The first kappa shape index (κ1) is 16.2. The van der Waals surface area contributed by atoms with E-state index < -0.39 is 0 Å². The minimum atomic E-state index is -0.0111. The lowest BCUT2D eigenvalue weighted by molar-refractivity contribution is -0.121. The second kappa shape index (κ2) is 8.34. The largest absolute Gasteiger partial charge is 0.354 e. The molecule has 5 nitrogen and oxygen atoms in total. The Morgan fingerprint density at radius 3 is 2.68 bits per heavy atom. The maximum Gasteiger partial charge on any atom is 0.222 e. The number of benzene rings is 1. The number of nitrogens with zero attached hydrogens (tertiary/aromatic N) is 2. The summed E-state index contributed by atoms with van der Waals surface area (Å²) in [7, 11) is 0. The van der Waals surface area contributed by atoms with Gasteiger partial charge in [-0.1, -0.05) is 29.8 Å². The molecule has 1 amide bonds. The van der Waals surface area contributed by atoms with Crippen molar-refractivity contribution in [3.63, 3.8) is 0 Å². The Balaban J connectivity index is 1.71. The number of hydrogen-bond acceptors (Lipinski definition) is 4. The highest BCUT2D eigenvalue weighted by molar-refractivity contribution is 6.31. The molecule has 0 aliphatic heterocycles. The Morgan fingerprint density at radius 1 is 1.23 bits per heavy atom. The first-order valence-electron chi connectivity index (χ1n) is 7.19. The number of hydrogen-bond donors (Lipinski definition) is 2. The third kappa shape index (κ3) is 5.33. The van der Waals surface area contributed by atoms with Crippen LogP contribution in [0, 0.1) is 0 Å². The number of halogens is 1. The number of nitrogens with one attached hydrogen (secondary N) is 2. The van der Waals surface area contributed by atoms with E-state index in [4.69, 9.17) is 11.6 Å². The van der Waals surface area contributed by atoms with Gasteiger partial charge in [0.15, 0.2) is 0 Å². The molecule has 0 spiro atoms. The molecule has 0 aliphatic rings. The number of aromatic nitrogens is 2. The molecule has 1 aromatic carbocycles. The van der Waals surface area contributed by atoms with Crippen molar-refractivity contribution < 1.29 is 4.79 Å². The van der Waals surface area contributed by atoms with Crippen molar-refractivity contribution in [1.29, 1.82) is 0 Å². The van der Waals surface area contributed by atoms with Crippen LogP contribution in [0.1, 0.15) is 18.9 Å². The molecule has 1 heterocycles. The van der Waals surface area contributed by atoms with Gasteiger partial charge in [0.25, 0.3) is 0 Å². The fourth-order valence-electron chi connectivity index (χ4n) is 2.07. The van der Waals surface area contributed by atoms with Gasteiger partial charge in [-0.15, -0.1) is 0 Å². The van der Waals surface area contributed by atoms with Crippen molar-refractivity contribution in [2.24, 2.45) is 0 Å². The van der Waals surface area contributed by atoms with Crippen molar-refractivity contribution in [1.82, 2.24) is 15.3 Å². The van der Waals surface area contributed by atoms with E-state index in [0.717, 1.165) is 10.6 Å². The van der Waals surface area contributed by atoms with Crippen molar-refractivity contribution in [2.75, 3.05) is 11.9 Å². The van der Waals surface area contributed by atoms with Crippen molar-refractivity contribution in [2.45, 2.75) is 25.8 Å². The summed E-state index contributed by atoms with van der Waals surface area (Å²) in [5, 5.41) is 6.70. The van der Waals surface area contributed by atoms with Gasteiger partial charge >= 0.3 is 0 Å². The third-order valence-corrected chi connectivity index (χ3v) is 3.46. The van der Waals surface area contributed by atoms with Crippen LogP contribution in [-0.4, -0.2) is 28.5 Å². The molecule has 0 saturated heterocycles. The quantitative estimate of drug-likeness (QED) is 0.823. The molecule has 22 heavy (non-hydrogen) atoms. The Morgan fingerprint density at radius 2 is 1.95 bits per heavy atom. The van der Waals surface area contributed by atoms with E-state index in [1.54, 1.807) is 18.5 Å². The molecule has 0 aliphatic carbocycles. The molecule has 0 bridgehead atoms. The molecule has 0 radical (unpaired) electrons. The maximum absolute atomic E-state index is 11.9. The van der Waals surface area contributed by atoms with E-state index in [0.29, 0.717) is 25.3 Å². The van der Waals surface area contributed by atoms with E-state index in [1.807, 2.05) is 31.2 Å². The second-order valence-electron chi connectivity index (χ2n) is 5.01. The number of anilines is 1. The Labute approximate surface area is 135 Å². The van der Waals surface area contributed by atoms with Crippen LogP contribution in [0.15, 0.2) is 42.7 Å². The number of carbonyl (C=O) groups is 1. The standard InChI is InChI=1S/C16H19ClN4O/c1-12(11-13-5-2-3-6-14(13)17)21-15(22)7-10-20-16-18-8-4-9-19-16/h2-6,8-9,12H,7,10-11H2,1H3,(H,21,22)(H,18,19,20)/t12-/m0/s1. The van der Waals surface area contributed by atoms with E-state index >= 15 is 0 Å². The summed E-state index contributed by atoms with van der Waals surface area (Å²) in [5.41, 5.74) is 1.03. The lowest BCUT2D eigenvalue weighted by atomic mass is 10.1. The van der Waals surface area contributed by atoms with Crippen LogP contribution in [0.25, 0.3) is 0 Å².